The third-order valence-electron chi connectivity index (χ3n) is 4.90. The van der Waals surface area contributed by atoms with Crippen LogP contribution in [0.25, 0.3) is 0 Å². The first-order valence-corrected chi connectivity index (χ1v) is 9.57. The Balaban J connectivity index is 2.03. The second kappa shape index (κ2) is 9.32. The predicted molar refractivity (Wildman–Crippen MR) is 113 cm³/mol. The topological polar surface area (TPSA) is 108 Å². The third-order valence-corrected chi connectivity index (χ3v) is 5.15. The van der Waals surface area contributed by atoms with E-state index in [9.17, 15) is 10.4 Å². The molecule has 3 atom stereocenters. The molecule has 0 radical (unpaired) electrons. The van der Waals surface area contributed by atoms with Crippen molar-refractivity contribution < 1.29 is 19.3 Å². The highest BCUT2D eigenvalue weighted by atomic mass is 35.5. The lowest BCUT2D eigenvalue weighted by Crippen LogP contribution is -2.59. The van der Waals surface area contributed by atoms with Crippen molar-refractivity contribution in [2.24, 2.45) is 4.99 Å². The van der Waals surface area contributed by atoms with Gasteiger partial charge in [-0.1, -0.05) is 29.8 Å². The predicted octanol–water partition coefficient (Wildman–Crippen LogP) is 3.05. The van der Waals surface area contributed by atoms with Crippen LogP contribution in [0.1, 0.15) is 18.5 Å². The summed E-state index contributed by atoms with van der Waals surface area (Å²) in [6.07, 6.45) is -0.129. The standard InChI is InChI=1S/C21H23ClN4O4/c1-21(19(28-2)29-3)18(27)17(15-6-4-5-7-16(15)30-21)26-20(24-12-23)25-14-10-8-13(22)9-11-14/h4-11,17-19,27H,1-3H3,(H2,24,25,26). The number of hydrogen-bond acceptors (Lipinski definition) is 6. The molecule has 0 aromatic heterocycles. The number of guanidine groups is 1. The molecular weight excluding hydrogens is 408 g/mol. The Hall–Kier alpha value is -2.83. The van der Waals surface area contributed by atoms with Crippen molar-refractivity contribution >= 4 is 23.2 Å². The van der Waals surface area contributed by atoms with Crippen LogP contribution in [0.2, 0.25) is 5.02 Å². The number of nitriles is 1. The summed E-state index contributed by atoms with van der Waals surface area (Å²) < 4.78 is 16.9. The van der Waals surface area contributed by atoms with Crippen molar-refractivity contribution in [2.45, 2.75) is 31.0 Å². The number of ether oxygens (including phenoxy) is 3. The summed E-state index contributed by atoms with van der Waals surface area (Å²) in [5.74, 6) is 0.704. The van der Waals surface area contributed by atoms with Gasteiger partial charge >= 0.3 is 0 Å². The van der Waals surface area contributed by atoms with Crippen LogP contribution in [0.15, 0.2) is 53.5 Å². The summed E-state index contributed by atoms with van der Waals surface area (Å²) in [5, 5.41) is 26.6. The molecule has 0 bridgehead atoms. The second-order valence-electron chi connectivity index (χ2n) is 6.86. The fourth-order valence-corrected chi connectivity index (χ4v) is 3.57. The molecule has 8 nitrogen and oxygen atoms in total. The summed E-state index contributed by atoms with van der Waals surface area (Å²) >= 11 is 5.93. The molecule has 1 aliphatic rings. The fourth-order valence-electron chi connectivity index (χ4n) is 3.45. The Morgan fingerprint density at radius 3 is 2.53 bits per heavy atom. The van der Waals surface area contributed by atoms with Gasteiger partial charge in [0.25, 0.3) is 0 Å². The van der Waals surface area contributed by atoms with Gasteiger partial charge in [0.2, 0.25) is 5.96 Å². The summed E-state index contributed by atoms with van der Waals surface area (Å²) in [5.41, 5.74) is 0.0954. The number of anilines is 1. The molecule has 3 rings (SSSR count). The van der Waals surface area contributed by atoms with Crippen LogP contribution in [-0.4, -0.2) is 43.3 Å². The molecule has 0 saturated carbocycles. The SMILES string of the molecule is COC(OC)C1(C)Oc2ccccc2C(N=C(NC#N)Nc2ccc(Cl)cc2)C1O. The van der Waals surface area contributed by atoms with E-state index in [0.717, 1.165) is 0 Å². The number of nitrogens with one attached hydrogen (secondary N) is 2. The zero-order chi connectivity index (χ0) is 21.7. The zero-order valence-electron chi connectivity index (χ0n) is 16.8. The van der Waals surface area contributed by atoms with Gasteiger partial charge in [0.1, 0.15) is 17.9 Å². The molecule has 2 aromatic rings. The van der Waals surface area contributed by atoms with Crippen molar-refractivity contribution in [3.05, 3.63) is 59.1 Å². The Kier molecular flexibility index (Phi) is 6.80. The van der Waals surface area contributed by atoms with Gasteiger partial charge in [0.05, 0.1) is 0 Å². The van der Waals surface area contributed by atoms with Crippen molar-refractivity contribution in [1.29, 1.82) is 5.26 Å². The minimum Gasteiger partial charge on any atom is -0.479 e. The molecule has 0 fully saturated rings. The monoisotopic (exact) mass is 430 g/mol. The number of para-hydroxylation sites is 1. The highest BCUT2D eigenvalue weighted by Crippen LogP contribution is 2.44. The Morgan fingerprint density at radius 1 is 1.23 bits per heavy atom. The number of halogens is 1. The van der Waals surface area contributed by atoms with Crippen LogP contribution in [-0.2, 0) is 9.47 Å². The van der Waals surface area contributed by atoms with Gasteiger partial charge in [-0.15, -0.1) is 0 Å². The van der Waals surface area contributed by atoms with Gasteiger partial charge < -0.3 is 24.6 Å². The molecule has 1 heterocycles. The third kappa shape index (κ3) is 4.35. The molecule has 0 saturated heterocycles. The number of aliphatic hydroxyl groups is 1. The van der Waals surface area contributed by atoms with E-state index in [1.807, 2.05) is 24.4 Å². The van der Waals surface area contributed by atoms with E-state index in [1.54, 1.807) is 37.3 Å². The van der Waals surface area contributed by atoms with Gasteiger partial charge in [0.15, 0.2) is 18.1 Å². The lowest BCUT2D eigenvalue weighted by Gasteiger charge is -2.45. The van der Waals surface area contributed by atoms with Gasteiger partial charge in [-0.2, -0.15) is 5.26 Å². The second-order valence-corrected chi connectivity index (χ2v) is 7.30. The highest BCUT2D eigenvalue weighted by Gasteiger charge is 2.52. The largest absolute Gasteiger partial charge is 0.479 e. The molecule has 0 amide bonds. The van der Waals surface area contributed by atoms with Gasteiger partial charge in [-0.05, 0) is 37.3 Å². The number of aliphatic hydroxyl groups excluding tert-OH is 1. The average Bonchev–Trinajstić information content (AvgIpc) is 2.74. The number of rotatable bonds is 5. The molecule has 2 aromatic carbocycles. The minimum atomic E-state index is -1.25. The van der Waals surface area contributed by atoms with Gasteiger partial charge in [-0.3, -0.25) is 5.32 Å². The molecule has 3 N–H and O–H groups in total. The molecule has 1 aliphatic heterocycles. The summed E-state index contributed by atoms with van der Waals surface area (Å²) in [4.78, 5) is 4.61. The molecule has 9 heteroatoms. The number of nitrogens with zero attached hydrogens (tertiary/aromatic N) is 2. The minimum absolute atomic E-state index is 0.161. The van der Waals surface area contributed by atoms with Crippen LogP contribution in [0.5, 0.6) is 5.75 Å². The van der Waals surface area contributed by atoms with E-state index >= 15 is 0 Å². The maximum absolute atomic E-state index is 11.2. The van der Waals surface area contributed by atoms with Gasteiger partial charge in [0, 0.05) is 30.5 Å². The van der Waals surface area contributed by atoms with Crippen molar-refractivity contribution in [3.63, 3.8) is 0 Å². The molecule has 158 valence electrons. The van der Waals surface area contributed by atoms with E-state index in [-0.39, 0.29) is 5.96 Å². The number of aliphatic imine (C=N–C) groups is 1. The van der Waals surface area contributed by atoms with Crippen LogP contribution in [0.3, 0.4) is 0 Å². The van der Waals surface area contributed by atoms with E-state index in [4.69, 9.17) is 25.8 Å². The summed E-state index contributed by atoms with van der Waals surface area (Å²) in [6, 6.07) is 13.4. The van der Waals surface area contributed by atoms with Crippen LogP contribution in [0.4, 0.5) is 5.69 Å². The first kappa shape index (κ1) is 21.9. The quantitative estimate of drug-likeness (QED) is 0.220. The molecular formula is C21H23ClN4O4. The van der Waals surface area contributed by atoms with Crippen LogP contribution < -0.4 is 15.4 Å². The maximum atomic E-state index is 11.2. The molecule has 30 heavy (non-hydrogen) atoms. The van der Waals surface area contributed by atoms with E-state index in [1.165, 1.54) is 14.2 Å². The Bertz CT molecular complexity index is 943. The van der Waals surface area contributed by atoms with Gasteiger partial charge in [-0.25, -0.2) is 4.99 Å². The normalized spacial score (nSPS) is 23.3. The Labute approximate surface area is 180 Å². The number of fused-ring (bicyclic) bond motifs is 1. The molecule has 3 unspecified atom stereocenters. The molecule has 0 spiro atoms. The zero-order valence-corrected chi connectivity index (χ0v) is 17.6. The van der Waals surface area contributed by atoms with E-state index in [0.29, 0.717) is 22.0 Å². The molecule has 0 aliphatic carbocycles. The fraction of sp³-hybridized carbons (Fsp3) is 0.333. The Morgan fingerprint density at radius 2 is 1.90 bits per heavy atom. The number of hydrogen-bond donors (Lipinski definition) is 3. The van der Waals surface area contributed by atoms with E-state index in [2.05, 4.69) is 15.6 Å². The summed E-state index contributed by atoms with van der Waals surface area (Å²) in [7, 11) is 2.94. The van der Waals surface area contributed by atoms with Crippen molar-refractivity contribution in [2.75, 3.05) is 19.5 Å². The van der Waals surface area contributed by atoms with Crippen molar-refractivity contribution in [1.82, 2.24) is 5.32 Å². The van der Waals surface area contributed by atoms with Crippen molar-refractivity contribution in [3.8, 4) is 11.9 Å². The lowest BCUT2D eigenvalue weighted by atomic mass is 9.85. The maximum Gasteiger partial charge on any atom is 0.209 e. The summed E-state index contributed by atoms with van der Waals surface area (Å²) in [6.45, 7) is 1.69. The smallest absolute Gasteiger partial charge is 0.209 e. The first-order valence-electron chi connectivity index (χ1n) is 9.20. The van der Waals surface area contributed by atoms with Crippen LogP contribution in [0, 0.1) is 11.5 Å². The van der Waals surface area contributed by atoms with E-state index < -0.39 is 24.0 Å². The number of benzene rings is 2. The van der Waals surface area contributed by atoms with Crippen LogP contribution >= 0.6 is 11.6 Å². The number of methoxy groups -OCH3 is 2. The highest BCUT2D eigenvalue weighted by molar-refractivity contribution is 6.30. The first-order chi connectivity index (χ1) is 14.4. The average molecular weight is 431 g/mol. The lowest BCUT2D eigenvalue weighted by molar-refractivity contribution is -0.237.